The molecule has 40 heavy (non-hydrogen) atoms. The van der Waals surface area contributed by atoms with Crippen molar-refractivity contribution in [3.63, 3.8) is 0 Å². The van der Waals surface area contributed by atoms with Gasteiger partial charge >= 0.3 is 6.18 Å². The van der Waals surface area contributed by atoms with Crippen LogP contribution in [0.4, 0.5) is 17.6 Å². The normalized spacial score (nSPS) is 19.6. The highest BCUT2D eigenvalue weighted by atomic mass is 19.4. The SMILES string of the molecule is CCC(=O)c1c(-c2ccc(F)cc2)oc2cc(OCC(F)(F)F)c(-c3cccc(C(=O)NC45CC(C4)C5)c3)cc12. The molecular formula is C31H25F4NO4. The minimum atomic E-state index is -4.59. The zero-order chi connectivity index (χ0) is 28.2. The number of carbonyl (C=O) groups excluding carboxylic acids is 2. The molecular weight excluding hydrogens is 526 g/mol. The van der Waals surface area contributed by atoms with Gasteiger partial charge in [-0.25, -0.2) is 4.39 Å². The molecule has 3 aliphatic rings. The number of ketones is 1. The molecule has 0 atom stereocenters. The zero-order valence-electron chi connectivity index (χ0n) is 21.5. The number of ether oxygens (including phenoxy) is 1. The number of carbonyl (C=O) groups is 2. The predicted octanol–water partition coefficient (Wildman–Crippen LogP) is 7.72. The summed E-state index contributed by atoms with van der Waals surface area (Å²) in [5.74, 6) is -0.209. The van der Waals surface area contributed by atoms with E-state index in [2.05, 4.69) is 5.32 Å². The van der Waals surface area contributed by atoms with Gasteiger partial charge in [-0.2, -0.15) is 13.2 Å². The minimum absolute atomic E-state index is 0.114. The number of amides is 1. The van der Waals surface area contributed by atoms with Crippen LogP contribution in [0.3, 0.4) is 0 Å². The standard InChI is InChI=1S/C31H25F4NO4/c1-2-24(37)27-23-11-22(19-4-3-5-20(10-19)29(38)36-30-13-17(14-30)15-30)25(39-16-31(33,34)35)12-26(23)40-28(27)18-6-8-21(32)9-7-18/h3-12,17H,2,13-16H2,1H3,(H,36,38). The van der Waals surface area contributed by atoms with E-state index in [1.54, 1.807) is 37.3 Å². The Morgan fingerprint density at radius 1 is 1.02 bits per heavy atom. The molecule has 206 valence electrons. The van der Waals surface area contributed by atoms with Gasteiger partial charge in [0, 0.05) is 40.1 Å². The number of nitrogens with one attached hydrogen (secondary N) is 1. The van der Waals surface area contributed by atoms with Crippen LogP contribution in [0, 0.1) is 11.7 Å². The first kappa shape index (κ1) is 26.1. The lowest BCUT2D eigenvalue weighted by molar-refractivity contribution is -0.153. The van der Waals surface area contributed by atoms with Crippen molar-refractivity contribution in [2.75, 3.05) is 6.61 Å². The Morgan fingerprint density at radius 3 is 2.38 bits per heavy atom. The number of benzene rings is 3. The van der Waals surface area contributed by atoms with Crippen LogP contribution in [-0.4, -0.2) is 30.0 Å². The Balaban J connectivity index is 1.47. The van der Waals surface area contributed by atoms with Crippen LogP contribution in [0.25, 0.3) is 33.4 Å². The highest BCUT2D eigenvalue weighted by Gasteiger charge is 2.57. The van der Waals surface area contributed by atoms with E-state index in [1.165, 1.54) is 30.3 Å². The summed E-state index contributed by atoms with van der Waals surface area (Å²) in [7, 11) is 0. The van der Waals surface area contributed by atoms with Crippen LogP contribution in [-0.2, 0) is 0 Å². The summed E-state index contributed by atoms with van der Waals surface area (Å²) in [6.45, 7) is 0.146. The molecule has 3 aliphatic carbocycles. The molecule has 1 amide bonds. The summed E-state index contributed by atoms with van der Waals surface area (Å²) in [5.41, 5.74) is 1.78. The molecule has 7 rings (SSSR count). The van der Waals surface area contributed by atoms with E-state index in [4.69, 9.17) is 9.15 Å². The molecule has 0 saturated heterocycles. The highest BCUT2D eigenvalue weighted by Crippen LogP contribution is 2.57. The second-order valence-electron chi connectivity index (χ2n) is 10.6. The van der Waals surface area contributed by atoms with Crippen molar-refractivity contribution < 1.29 is 36.3 Å². The fourth-order valence-electron chi connectivity index (χ4n) is 5.66. The maximum absolute atomic E-state index is 13.6. The van der Waals surface area contributed by atoms with Gasteiger partial charge in [0.2, 0.25) is 0 Å². The van der Waals surface area contributed by atoms with Crippen molar-refractivity contribution in [3.05, 3.63) is 77.6 Å². The Kier molecular flexibility index (Phi) is 6.20. The zero-order valence-corrected chi connectivity index (χ0v) is 21.5. The highest BCUT2D eigenvalue weighted by molar-refractivity contribution is 6.13. The number of fused-ring (bicyclic) bond motifs is 1. The van der Waals surface area contributed by atoms with Gasteiger partial charge in [-0.3, -0.25) is 9.59 Å². The molecule has 3 aromatic carbocycles. The van der Waals surface area contributed by atoms with E-state index in [-0.39, 0.29) is 51.9 Å². The van der Waals surface area contributed by atoms with E-state index in [0.29, 0.717) is 28.0 Å². The lowest BCUT2D eigenvalue weighted by Gasteiger charge is -2.61. The molecule has 0 aliphatic heterocycles. The van der Waals surface area contributed by atoms with Crippen LogP contribution in [0.2, 0.25) is 0 Å². The van der Waals surface area contributed by atoms with Gasteiger partial charge in [0.25, 0.3) is 5.91 Å². The third-order valence-corrected chi connectivity index (χ3v) is 7.74. The third kappa shape index (κ3) is 4.74. The average molecular weight is 552 g/mol. The maximum Gasteiger partial charge on any atom is 0.422 e. The summed E-state index contributed by atoms with van der Waals surface area (Å²) in [6.07, 6.45) is -1.55. The van der Waals surface area contributed by atoms with Crippen LogP contribution < -0.4 is 10.1 Å². The lowest BCUT2D eigenvalue weighted by atomic mass is 9.50. The van der Waals surface area contributed by atoms with E-state index in [0.717, 1.165) is 19.3 Å². The summed E-state index contributed by atoms with van der Waals surface area (Å²) in [6, 6.07) is 14.8. The van der Waals surface area contributed by atoms with Crippen molar-refractivity contribution >= 4 is 22.7 Å². The van der Waals surface area contributed by atoms with Gasteiger partial charge in [0.05, 0.1) is 5.56 Å². The van der Waals surface area contributed by atoms with Crippen LogP contribution >= 0.6 is 0 Å². The summed E-state index contributed by atoms with van der Waals surface area (Å²) in [5, 5.41) is 3.47. The van der Waals surface area contributed by atoms with Crippen molar-refractivity contribution in [1.82, 2.24) is 5.32 Å². The molecule has 2 bridgehead atoms. The molecule has 4 aromatic rings. The van der Waals surface area contributed by atoms with Gasteiger partial charge in [-0.05, 0) is 73.2 Å². The molecule has 0 unspecified atom stereocenters. The van der Waals surface area contributed by atoms with E-state index >= 15 is 0 Å². The van der Waals surface area contributed by atoms with Gasteiger partial charge in [-0.15, -0.1) is 0 Å². The number of hydrogen-bond acceptors (Lipinski definition) is 4. The van der Waals surface area contributed by atoms with E-state index < -0.39 is 18.6 Å². The largest absolute Gasteiger partial charge is 0.483 e. The lowest BCUT2D eigenvalue weighted by Crippen LogP contribution is -2.68. The number of Topliss-reactive ketones (excluding diaryl/α,β-unsaturated/α-hetero) is 1. The first-order chi connectivity index (χ1) is 19.0. The Morgan fingerprint density at radius 2 is 1.75 bits per heavy atom. The smallest absolute Gasteiger partial charge is 0.422 e. The number of hydrogen-bond donors (Lipinski definition) is 1. The summed E-state index contributed by atoms with van der Waals surface area (Å²) >= 11 is 0. The fourth-order valence-corrected chi connectivity index (χ4v) is 5.66. The van der Waals surface area contributed by atoms with E-state index in [9.17, 15) is 27.2 Å². The number of furan rings is 1. The fraction of sp³-hybridized carbons (Fsp3) is 0.290. The molecule has 5 nitrogen and oxygen atoms in total. The Labute approximate surface area is 227 Å². The monoisotopic (exact) mass is 551 g/mol. The second kappa shape index (κ2) is 9.50. The average Bonchev–Trinajstić information content (AvgIpc) is 3.26. The quantitative estimate of drug-likeness (QED) is 0.180. The van der Waals surface area contributed by atoms with Crippen LogP contribution in [0.15, 0.2) is 65.1 Å². The first-order valence-electron chi connectivity index (χ1n) is 13.1. The molecule has 0 radical (unpaired) electrons. The number of halogens is 4. The van der Waals surface area contributed by atoms with Gasteiger partial charge < -0.3 is 14.5 Å². The number of alkyl halides is 3. The van der Waals surface area contributed by atoms with Gasteiger partial charge in [0.15, 0.2) is 12.4 Å². The molecule has 3 saturated carbocycles. The van der Waals surface area contributed by atoms with Crippen LogP contribution in [0.1, 0.15) is 53.3 Å². The molecule has 3 fully saturated rings. The van der Waals surface area contributed by atoms with Crippen molar-refractivity contribution in [2.45, 2.75) is 44.3 Å². The Hall–Kier alpha value is -4.14. The summed E-state index contributed by atoms with van der Waals surface area (Å²) < 4.78 is 64.2. The van der Waals surface area contributed by atoms with Crippen LogP contribution in [0.5, 0.6) is 5.75 Å². The van der Waals surface area contributed by atoms with Crippen molar-refractivity contribution in [3.8, 4) is 28.2 Å². The minimum Gasteiger partial charge on any atom is -0.483 e. The van der Waals surface area contributed by atoms with Gasteiger partial charge in [0.1, 0.15) is 22.9 Å². The van der Waals surface area contributed by atoms with Gasteiger partial charge in [-0.1, -0.05) is 19.1 Å². The Bertz CT molecular complexity index is 1620. The predicted molar refractivity (Wildman–Crippen MR) is 141 cm³/mol. The topological polar surface area (TPSA) is 68.5 Å². The van der Waals surface area contributed by atoms with Crippen molar-refractivity contribution in [1.29, 1.82) is 0 Å². The molecule has 1 aromatic heterocycles. The molecule has 9 heteroatoms. The molecule has 1 heterocycles. The maximum atomic E-state index is 13.6. The summed E-state index contributed by atoms with van der Waals surface area (Å²) in [4.78, 5) is 26.1. The van der Waals surface area contributed by atoms with E-state index in [1.807, 2.05) is 0 Å². The first-order valence-corrected chi connectivity index (χ1v) is 13.1. The molecule has 1 N–H and O–H groups in total. The molecule has 0 spiro atoms. The second-order valence-corrected chi connectivity index (χ2v) is 10.6. The number of rotatable bonds is 8. The third-order valence-electron chi connectivity index (χ3n) is 7.74. The van der Waals surface area contributed by atoms with Crippen molar-refractivity contribution in [2.24, 2.45) is 5.92 Å².